The Bertz CT molecular complexity index is 215. The van der Waals surface area contributed by atoms with Gasteiger partial charge in [0.1, 0.15) is 6.04 Å². The van der Waals surface area contributed by atoms with Gasteiger partial charge in [0.2, 0.25) is 5.91 Å². The number of nitrogens with two attached hydrogens (primary N) is 1. The van der Waals surface area contributed by atoms with E-state index in [1.54, 1.807) is 0 Å². The van der Waals surface area contributed by atoms with Gasteiger partial charge in [0, 0.05) is 6.54 Å². The van der Waals surface area contributed by atoms with Crippen LogP contribution in [0.3, 0.4) is 0 Å². The summed E-state index contributed by atoms with van der Waals surface area (Å²) in [6.07, 6.45) is 3.43. The Morgan fingerprint density at radius 3 is 2.75 bits per heavy atom. The number of nitrogens with one attached hydrogen (secondary N) is 1. The lowest BCUT2D eigenvalue weighted by molar-refractivity contribution is -0.123. The van der Waals surface area contributed by atoms with E-state index in [0.717, 1.165) is 19.5 Å². The predicted octanol–water partition coefficient (Wildman–Crippen LogP) is -0.846. The van der Waals surface area contributed by atoms with Crippen molar-refractivity contribution in [3.8, 4) is 0 Å². The van der Waals surface area contributed by atoms with Crippen LogP contribution < -0.4 is 11.1 Å². The van der Waals surface area contributed by atoms with Gasteiger partial charge < -0.3 is 21.1 Å². The molecule has 1 rings (SSSR count). The van der Waals surface area contributed by atoms with Crippen molar-refractivity contribution in [3.63, 3.8) is 0 Å². The zero-order valence-electron chi connectivity index (χ0n) is 9.98. The number of carbonyl (C=O) groups excluding carboxylic acids is 1. The molecule has 1 fully saturated rings. The molecule has 0 saturated carbocycles. The van der Waals surface area contributed by atoms with Gasteiger partial charge in [-0.25, -0.2) is 0 Å². The lowest BCUT2D eigenvalue weighted by Crippen LogP contribution is -2.43. The van der Waals surface area contributed by atoms with Crippen LogP contribution in [-0.4, -0.2) is 55.2 Å². The second kappa shape index (κ2) is 6.83. The van der Waals surface area contributed by atoms with Crippen LogP contribution in [0.25, 0.3) is 0 Å². The number of nitrogens with zero attached hydrogens (tertiary/aromatic N) is 1. The Kier molecular flexibility index (Phi) is 5.73. The maximum atomic E-state index is 11.3. The smallest absolute Gasteiger partial charge is 0.239 e. The molecule has 0 aromatic carbocycles. The fraction of sp³-hybridized carbons (Fsp3) is 0.909. The minimum Gasteiger partial charge on any atom is -0.394 e. The molecule has 16 heavy (non-hydrogen) atoms. The van der Waals surface area contributed by atoms with Crippen molar-refractivity contribution in [2.75, 3.05) is 33.3 Å². The molecule has 1 amide bonds. The number of aliphatic hydroxyl groups excluding tert-OH is 1. The van der Waals surface area contributed by atoms with Crippen LogP contribution in [0.4, 0.5) is 0 Å². The van der Waals surface area contributed by atoms with Crippen molar-refractivity contribution >= 4 is 5.91 Å². The third kappa shape index (κ3) is 4.47. The Balaban J connectivity index is 2.09. The van der Waals surface area contributed by atoms with Crippen LogP contribution in [0.15, 0.2) is 0 Å². The van der Waals surface area contributed by atoms with E-state index in [0.29, 0.717) is 12.5 Å². The molecule has 0 spiro atoms. The third-order valence-corrected chi connectivity index (χ3v) is 3.22. The highest BCUT2D eigenvalue weighted by molar-refractivity contribution is 5.81. The van der Waals surface area contributed by atoms with E-state index in [2.05, 4.69) is 17.3 Å². The van der Waals surface area contributed by atoms with Gasteiger partial charge in [0.15, 0.2) is 0 Å². The van der Waals surface area contributed by atoms with Gasteiger partial charge in [-0.3, -0.25) is 4.79 Å². The fourth-order valence-electron chi connectivity index (χ4n) is 1.96. The molecule has 1 atom stereocenters. The first kappa shape index (κ1) is 13.4. The van der Waals surface area contributed by atoms with E-state index in [1.807, 2.05) is 0 Å². The van der Waals surface area contributed by atoms with Crippen molar-refractivity contribution in [1.29, 1.82) is 0 Å². The summed E-state index contributed by atoms with van der Waals surface area (Å²) >= 11 is 0. The number of hydrogen-bond donors (Lipinski definition) is 3. The monoisotopic (exact) mass is 229 g/mol. The second-order valence-electron chi connectivity index (χ2n) is 4.62. The van der Waals surface area contributed by atoms with Gasteiger partial charge in [-0.15, -0.1) is 0 Å². The summed E-state index contributed by atoms with van der Waals surface area (Å²) < 4.78 is 0. The standard InChI is InChI=1S/C11H23N3O2/c1-14-6-3-9(4-7-14)2-5-13-11(16)10(12)8-15/h9-10,15H,2-8,12H2,1H3,(H,13,16). The van der Waals surface area contributed by atoms with Crippen molar-refractivity contribution in [3.05, 3.63) is 0 Å². The molecule has 1 unspecified atom stereocenters. The van der Waals surface area contributed by atoms with E-state index >= 15 is 0 Å². The first-order valence-electron chi connectivity index (χ1n) is 5.96. The summed E-state index contributed by atoms with van der Waals surface area (Å²) in [5, 5.41) is 11.4. The summed E-state index contributed by atoms with van der Waals surface area (Å²) in [5.74, 6) is 0.456. The quantitative estimate of drug-likeness (QED) is 0.574. The van der Waals surface area contributed by atoms with Gasteiger partial charge in [-0.2, -0.15) is 0 Å². The molecular formula is C11H23N3O2. The van der Waals surface area contributed by atoms with Crippen molar-refractivity contribution < 1.29 is 9.90 Å². The average Bonchev–Trinajstić information content (AvgIpc) is 2.30. The number of amides is 1. The molecule has 0 radical (unpaired) electrons. The summed E-state index contributed by atoms with van der Waals surface area (Å²) in [4.78, 5) is 13.6. The number of rotatable bonds is 5. The topological polar surface area (TPSA) is 78.6 Å². The highest BCUT2D eigenvalue weighted by Crippen LogP contribution is 2.18. The molecule has 1 saturated heterocycles. The van der Waals surface area contributed by atoms with E-state index in [1.165, 1.54) is 12.8 Å². The first-order valence-corrected chi connectivity index (χ1v) is 5.96. The van der Waals surface area contributed by atoms with Gasteiger partial charge >= 0.3 is 0 Å². The first-order chi connectivity index (χ1) is 7.63. The highest BCUT2D eigenvalue weighted by atomic mass is 16.3. The maximum Gasteiger partial charge on any atom is 0.239 e. The van der Waals surface area contributed by atoms with Crippen molar-refractivity contribution in [1.82, 2.24) is 10.2 Å². The van der Waals surface area contributed by atoms with Crippen molar-refractivity contribution in [2.24, 2.45) is 11.7 Å². The molecule has 1 heterocycles. The zero-order chi connectivity index (χ0) is 12.0. The fourth-order valence-corrected chi connectivity index (χ4v) is 1.96. The number of piperidine rings is 1. The van der Waals surface area contributed by atoms with Gasteiger partial charge in [-0.05, 0) is 45.3 Å². The molecule has 94 valence electrons. The normalized spacial score (nSPS) is 20.7. The molecule has 1 aliphatic heterocycles. The lowest BCUT2D eigenvalue weighted by Gasteiger charge is -2.28. The number of aliphatic hydroxyl groups is 1. The Hall–Kier alpha value is -0.650. The molecule has 4 N–H and O–H groups in total. The van der Waals surface area contributed by atoms with E-state index in [4.69, 9.17) is 10.8 Å². The van der Waals surface area contributed by atoms with E-state index in [-0.39, 0.29) is 12.5 Å². The van der Waals surface area contributed by atoms with E-state index < -0.39 is 6.04 Å². The van der Waals surface area contributed by atoms with Crippen LogP contribution in [0.1, 0.15) is 19.3 Å². The summed E-state index contributed by atoms with van der Waals surface area (Å²) in [6.45, 7) is 2.67. The Labute approximate surface area is 97.0 Å². The third-order valence-electron chi connectivity index (χ3n) is 3.22. The summed E-state index contributed by atoms with van der Waals surface area (Å²) in [6, 6.07) is -0.780. The zero-order valence-corrected chi connectivity index (χ0v) is 9.98. The van der Waals surface area contributed by atoms with E-state index in [9.17, 15) is 4.79 Å². The average molecular weight is 229 g/mol. The Morgan fingerprint density at radius 1 is 1.56 bits per heavy atom. The molecule has 0 aromatic heterocycles. The number of likely N-dealkylation sites (tertiary alicyclic amines) is 1. The molecule has 5 heteroatoms. The molecule has 5 nitrogen and oxygen atoms in total. The van der Waals surface area contributed by atoms with Crippen LogP contribution >= 0.6 is 0 Å². The minimum atomic E-state index is -0.780. The SMILES string of the molecule is CN1CCC(CCNC(=O)C(N)CO)CC1. The Morgan fingerprint density at radius 2 is 2.19 bits per heavy atom. The van der Waals surface area contributed by atoms with Crippen LogP contribution in [0.5, 0.6) is 0 Å². The molecule has 1 aliphatic rings. The molecule has 0 aromatic rings. The van der Waals surface area contributed by atoms with Gasteiger partial charge in [0.05, 0.1) is 6.61 Å². The number of carbonyl (C=O) groups is 1. The predicted molar refractivity (Wildman–Crippen MR) is 62.9 cm³/mol. The summed E-state index contributed by atoms with van der Waals surface area (Å²) in [7, 11) is 2.14. The number of hydrogen-bond acceptors (Lipinski definition) is 4. The van der Waals surface area contributed by atoms with Crippen molar-refractivity contribution in [2.45, 2.75) is 25.3 Å². The molecule has 0 bridgehead atoms. The lowest BCUT2D eigenvalue weighted by atomic mass is 9.94. The van der Waals surface area contributed by atoms with Gasteiger partial charge in [0.25, 0.3) is 0 Å². The summed E-state index contributed by atoms with van der Waals surface area (Å²) in [5.41, 5.74) is 5.39. The minimum absolute atomic E-state index is 0.254. The van der Waals surface area contributed by atoms with Crippen LogP contribution in [-0.2, 0) is 4.79 Å². The van der Waals surface area contributed by atoms with Gasteiger partial charge in [-0.1, -0.05) is 0 Å². The maximum absolute atomic E-state index is 11.3. The second-order valence-corrected chi connectivity index (χ2v) is 4.62. The van der Waals surface area contributed by atoms with Crippen LogP contribution in [0.2, 0.25) is 0 Å². The molecular weight excluding hydrogens is 206 g/mol. The van der Waals surface area contributed by atoms with Crippen LogP contribution in [0, 0.1) is 5.92 Å². The molecule has 0 aliphatic carbocycles. The largest absolute Gasteiger partial charge is 0.394 e. The highest BCUT2D eigenvalue weighted by Gasteiger charge is 2.17.